The number of rotatable bonds is 6. The Hall–Kier alpha value is -4.09. The monoisotopic (exact) mass is 547 g/mol. The molecule has 2 aromatic carbocycles. The van der Waals surface area contributed by atoms with Crippen LogP contribution < -0.4 is 20.3 Å². The van der Waals surface area contributed by atoms with Gasteiger partial charge in [-0.25, -0.2) is 4.79 Å². The summed E-state index contributed by atoms with van der Waals surface area (Å²) in [6.45, 7) is 4.98. The van der Waals surface area contributed by atoms with Gasteiger partial charge in [-0.15, -0.1) is 13.2 Å². The van der Waals surface area contributed by atoms with Crippen LogP contribution in [0.25, 0.3) is 0 Å². The molecule has 0 unspecified atom stereocenters. The molecule has 1 aliphatic heterocycles. The molecule has 9 nitrogen and oxygen atoms in total. The van der Waals surface area contributed by atoms with Crippen LogP contribution in [0, 0.1) is 0 Å². The number of amides is 3. The standard InChI is InChI=1S/C27H28F3N3O6/c1-25(2,3)39-24(37)32-26(12-13-26)23(36)31-19-14-21(34)18-6-4-5-7-20(18)33(22(19)35)15-16-8-10-17(11-9-16)38-27(28,29)30/h4-11,19H,12-15H2,1-3H3,(H,31,36)(H,32,37)/t19-/m0/s1. The number of Topliss-reactive ketones (excluding diaryl/α,β-unsaturated/α-hetero) is 1. The molecule has 4 rings (SSSR count). The van der Waals surface area contributed by atoms with Crippen molar-refractivity contribution in [3.05, 3.63) is 59.7 Å². The minimum absolute atomic E-state index is 0.0803. The Balaban J connectivity index is 1.54. The first-order valence-electron chi connectivity index (χ1n) is 12.3. The molecule has 1 atom stereocenters. The van der Waals surface area contributed by atoms with Crippen LogP contribution in [0.5, 0.6) is 5.75 Å². The van der Waals surface area contributed by atoms with Gasteiger partial charge in [-0.2, -0.15) is 0 Å². The van der Waals surface area contributed by atoms with Crippen LogP contribution in [0.2, 0.25) is 0 Å². The Morgan fingerprint density at radius 3 is 2.26 bits per heavy atom. The number of nitrogens with zero attached hydrogens (tertiary/aromatic N) is 1. The second-order valence-electron chi connectivity index (χ2n) is 10.5. The first kappa shape index (κ1) is 27.9. The number of alkyl carbamates (subject to hydrolysis) is 1. The van der Waals surface area contributed by atoms with Crippen molar-refractivity contribution in [3.63, 3.8) is 0 Å². The zero-order valence-corrected chi connectivity index (χ0v) is 21.6. The van der Waals surface area contributed by atoms with E-state index in [2.05, 4.69) is 15.4 Å². The van der Waals surface area contributed by atoms with Gasteiger partial charge in [-0.3, -0.25) is 14.4 Å². The summed E-state index contributed by atoms with van der Waals surface area (Å²) in [4.78, 5) is 53.5. The Morgan fingerprint density at radius 2 is 1.67 bits per heavy atom. The summed E-state index contributed by atoms with van der Waals surface area (Å²) in [5.74, 6) is -1.98. The fourth-order valence-corrected chi connectivity index (χ4v) is 4.22. The number of halogens is 3. The van der Waals surface area contributed by atoms with Gasteiger partial charge in [0.05, 0.1) is 12.2 Å². The first-order valence-corrected chi connectivity index (χ1v) is 12.3. The van der Waals surface area contributed by atoms with Crippen LogP contribution in [0.15, 0.2) is 48.5 Å². The number of para-hydroxylation sites is 1. The van der Waals surface area contributed by atoms with E-state index < -0.39 is 47.2 Å². The summed E-state index contributed by atoms with van der Waals surface area (Å²) >= 11 is 0. The van der Waals surface area contributed by atoms with Crippen molar-refractivity contribution in [2.24, 2.45) is 0 Å². The lowest BCUT2D eigenvalue weighted by Gasteiger charge is -2.28. The van der Waals surface area contributed by atoms with Gasteiger partial charge in [0.1, 0.15) is 22.9 Å². The van der Waals surface area contributed by atoms with Gasteiger partial charge < -0.3 is 25.0 Å². The van der Waals surface area contributed by atoms with E-state index in [1.807, 2.05) is 0 Å². The third kappa shape index (κ3) is 6.87. The van der Waals surface area contributed by atoms with Crippen LogP contribution in [-0.4, -0.2) is 47.2 Å². The quantitative estimate of drug-likeness (QED) is 0.559. The molecule has 3 amide bonds. The number of nitrogens with one attached hydrogen (secondary N) is 2. The van der Waals surface area contributed by atoms with E-state index in [9.17, 15) is 32.3 Å². The summed E-state index contributed by atoms with van der Waals surface area (Å²) < 4.78 is 46.7. The maximum Gasteiger partial charge on any atom is 0.573 e. The molecule has 1 heterocycles. The average Bonchev–Trinajstić information content (AvgIpc) is 3.61. The number of hydrogen-bond acceptors (Lipinski definition) is 6. The van der Waals surface area contributed by atoms with E-state index in [0.29, 0.717) is 24.1 Å². The fraction of sp³-hybridized carbons (Fsp3) is 0.407. The molecule has 2 aliphatic rings. The SMILES string of the molecule is CC(C)(C)OC(=O)NC1(C(=O)N[C@H]2CC(=O)c3ccccc3N(Cc3ccc(OC(F)(F)F)cc3)C2=O)CC1. The van der Waals surface area contributed by atoms with Gasteiger partial charge in [0.2, 0.25) is 11.8 Å². The lowest BCUT2D eigenvalue weighted by Crippen LogP contribution is -2.56. The highest BCUT2D eigenvalue weighted by atomic mass is 19.4. The molecular weight excluding hydrogens is 519 g/mol. The Morgan fingerprint density at radius 1 is 1.03 bits per heavy atom. The topological polar surface area (TPSA) is 114 Å². The molecule has 0 aromatic heterocycles. The molecule has 39 heavy (non-hydrogen) atoms. The van der Waals surface area contributed by atoms with Crippen molar-refractivity contribution in [2.75, 3.05) is 4.90 Å². The maximum absolute atomic E-state index is 13.7. The summed E-state index contributed by atoms with van der Waals surface area (Å²) in [5, 5.41) is 5.20. The molecule has 0 radical (unpaired) electrons. The van der Waals surface area contributed by atoms with Crippen LogP contribution in [0.4, 0.5) is 23.7 Å². The number of anilines is 1. The highest BCUT2D eigenvalue weighted by Crippen LogP contribution is 2.37. The summed E-state index contributed by atoms with van der Waals surface area (Å²) in [6.07, 6.45) is -5.25. The third-order valence-corrected chi connectivity index (χ3v) is 6.18. The van der Waals surface area contributed by atoms with E-state index >= 15 is 0 Å². The largest absolute Gasteiger partial charge is 0.573 e. The highest BCUT2D eigenvalue weighted by Gasteiger charge is 2.53. The second-order valence-corrected chi connectivity index (χ2v) is 10.5. The van der Waals surface area contributed by atoms with Crippen molar-refractivity contribution in [3.8, 4) is 5.75 Å². The highest BCUT2D eigenvalue weighted by molar-refractivity contribution is 6.13. The predicted molar refractivity (Wildman–Crippen MR) is 133 cm³/mol. The van der Waals surface area contributed by atoms with E-state index in [4.69, 9.17) is 4.74 Å². The van der Waals surface area contributed by atoms with Gasteiger partial charge in [-0.05, 0) is 63.4 Å². The number of carbonyl (C=O) groups excluding carboxylic acids is 4. The van der Waals surface area contributed by atoms with Crippen LogP contribution in [0.1, 0.15) is 56.0 Å². The van der Waals surface area contributed by atoms with Crippen molar-refractivity contribution in [1.29, 1.82) is 0 Å². The first-order chi connectivity index (χ1) is 18.2. The van der Waals surface area contributed by atoms with Crippen molar-refractivity contribution >= 4 is 29.4 Å². The zero-order chi connectivity index (χ0) is 28.6. The molecule has 2 N–H and O–H groups in total. The lowest BCUT2D eigenvalue weighted by molar-refractivity contribution is -0.274. The Kier molecular flexibility index (Phi) is 7.33. The number of fused-ring (bicyclic) bond motifs is 1. The summed E-state index contributed by atoms with van der Waals surface area (Å²) in [5.41, 5.74) is -0.967. The molecule has 0 bridgehead atoms. The van der Waals surface area contributed by atoms with Gasteiger partial charge >= 0.3 is 12.5 Å². The van der Waals surface area contributed by atoms with E-state index in [1.165, 1.54) is 17.0 Å². The molecule has 0 spiro atoms. The number of alkyl halides is 3. The molecule has 0 saturated heterocycles. The van der Waals surface area contributed by atoms with Gasteiger partial charge in [-0.1, -0.05) is 24.3 Å². The van der Waals surface area contributed by atoms with Gasteiger partial charge in [0, 0.05) is 12.0 Å². The fourth-order valence-electron chi connectivity index (χ4n) is 4.22. The lowest BCUT2D eigenvalue weighted by atomic mass is 10.0. The smallest absolute Gasteiger partial charge is 0.444 e. The van der Waals surface area contributed by atoms with Gasteiger partial charge in [0.25, 0.3) is 0 Å². The number of ketones is 1. The number of ether oxygens (including phenoxy) is 2. The van der Waals surface area contributed by atoms with Crippen molar-refractivity contribution in [1.82, 2.24) is 10.6 Å². The average molecular weight is 548 g/mol. The third-order valence-electron chi connectivity index (χ3n) is 6.18. The normalized spacial score (nSPS) is 18.5. The number of carbonyl (C=O) groups is 4. The maximum atomic E-state index is 13.7. The van der Waals surface area contributed by atoms with E-state index in [1.54, 1.807) is 45.0 Å². The summed E-state index contributed by atoms with van der Waals surface area (Å²) in [7, 11) is 0. The second kappa shape index (κ2) is 10.2. The van der Waals surface area contributed by atoms with Gasteiger partial charge in [0.15, 0.2) is 5.78 Å². The molecule has 1 saturated carbocycles. The predicted octanol–water partition coefficient (Wildman–Crippen LogP) is 4.25. The molecule has 1 fully saturated rings. The molecule has 2 aromatic rings. The van der Waals surface area contributed by atoms with E-state index in [-0.39, 0.29) is 24.3 Å². The molecule has 208 valence electrons. The van der Waals surface area contributed by atoms with Crippen molar-refractivity contribution in [2.45, 2.75) is 70.1 Å². The Labute approximate surface area is 222 Å². The van der Waals surface area contributed by atoms with Crippen LogP contribution >= 0.6 is 0 Å². The minimum Gasteiger partial charge on any atom is -0.444 e. The minimum atomic E-state index is -4.84. The molecule has 12 heteroatoms. The number of benzene rings is 2. The zero-order valence-electron chi connectivity index (χ0n) is 21.6. The van der Waals surface area contributed by atoms with Crippen molar-refractivity contribution < 1.29 is 41.8 Å². The molecule has 1 aliphatic carbocycles. The van der Waals surface area contributed by atoms with Crippen LogP contribution in [-0.2, 0) is 20.9 Å². The Bertz CT molecular complexity index is 1280. The summed E-state index contributed by atoms with van der Waals surface area (Å²) in [6, 6.07) is 10.2. The molecular formula is C27H28F3N3O6. The van der Waals surface area contributed by atoms with Crippen LogP contribution in [0.3, 0.4) is 0 Å². The van der Waals surface area contributed by atoms with E-state index in [0.717, 1.165) is 12.1 Å². The number of hydrogen-bond donors (Lipinski definition) is 2.